The predicted molar refractivity (Wildman–Crippen MR) is 103 cm³/mol. The number of hydrogen-bond donors (Lipinski definition) is 1. The molecule has 0 aliphatic rings. The first-order valence-corrected chi connectivity index (χ1v) is 9.38. The first-order chi connectivity index (χ1) is 12.0. The summed E-state index contributed by atoms with van der Waals surface area (Å²) in [7, 11) is 1.64. The van der Waals surface area contributed by atoms with E-state index in [4.69, 9.17) is 4.74 Å². The van der Waals surface area contributed by atoms with E-state index in [1.807, 2.05) is 32.2 Å². The SMILES string of the molecule is COC[C@@H](C)N(Cc1ccc(SC)cc1)C(=O)Nc1ccc(C)nc1. The molecule has 2 amide bonds. The molecule has 0 aliphatic heterocycles. The van der Waals surface area contributed by atoms with Crippen molar-refractivity contribution in [1.82, 2.24) is 9.88 Å². The fourth-order valence-corrected chi connectivity index (χ4v) is 2.83. The minimum atomic E-state index is -0.163. The van der Waals surface area contributed by atoms with E-state index in [0.29, 0.717) is 18.8 Å². The lowest BCUT2D eigenvalue weighted by atomic mass is 10.2. The van der Waals surface area contributed by atoms with Crippen LogP contribution in [0.2, 0.25) is 0 Å². The second-order valence-corrected chi connectivity index (χ2v) is 6.78. The molecule has 1 aromatic heterocycles. The quantitative estimate of drug-likeness (QED) is 0.754. The van der Waals surface area contributed by atoms with E-state index in [1.54, 1.807) is 30.0 Å². The summed E-state index contributed by atoms with van der Waals surface area (Å²) in [5.41, 5.74) is 2.68. The van der Waals surface area contributed by atoms with E-state index >= 15 is 0 Å². The molecule has 1 N–H and O–H groups in total. The maximum absolute atomic E-state index is 12.8. The lowest BCUT2D eigenvalue weighted by Gasteiger charge is -2.29. The summed E-state index contributed by atoms with van der Waals surface area (Å²) in [4.78, 5) is 20.0. The van der Waals surface area contributed by atoms with Crippen LogP contribution in [0.25, 0.3) is 0 Å². The third-order valence-corrected chi connectivity index (χ3v) is 4.62. The Balaban J connectivity index is 2.12. The standard InChI is InChI=1S/C19H25N3O2S/c1-14-5-8-17(11-20-14)21-19(23)22(15(2)13-24-3)12-16-6-9-18(25-4)10-7-16/h5-11,15H,12-13H2,1-4H3,(H,21,23)/t15-/m1/s1. The number of benzene rings is 1. The summed E-state index contributed by atoms with van der Waals surface area (Å²) in [6, 6.07) is 11.8. The number of aryl methyl sites for hydroxylation is 1. The molecule has 1 heterocycles. The third-order valence-electron chi connectivity index (χ3n) is 3.88. The van der Waals surface area contributed by atoms with Gasteiger partial charge in [-0.15, -0.1) is 11.8 Å². The number of rotatable bonds is 7. The van der Waals surface area contributed by atoms with Gasteiger partial charge in [0, 0.05) is 24.2 Å². The Morgan fingerprint density at radius 3 is 2.56 bits per heavy atom. The second-order valence-electron chi connectivity index (χ2n) is 5.90. The van der Waals surface area contributed by atoms with Crippen LogP contribution >= 0.6 is 11.8 Å². The Labute approximate surface area is 153 Å². The van der Waals surface area contributed by atoms with Crippen molar-refractivity contribution in [2.45, 2.75) is 31.3 Å². The molecule has 5 nitrogen and oxygen atoms in total. The van der Waals surface area contributed by atoms with E-state index in [9.17, 15) is 4.79 Å². The number of carbonyl (C=O) groups is 1. The van der Waals surface area contributed by atoms with Gasteiger partial charge in [-0.2, -0.15) is 0 Å². The van der Waals surface area contributed by atoms with Crippen LogP contribution in [0.5, 0.6) is 0 Å². The van der Waals surface area contributed by atoms with Crippen molar-refractivity contribution in [3.05, 3.63) is 53.9 Å². The monoisotopic (exact) mass is 359 g/mol. The zero-order chi connectivity index (χ0) is 18.2. The molecule has 0 unspecified atom stereocenters. The van der Waals surface area contributed by atoms with Crippen LogP contribution in [0.15, 0.2) is 47.5 Å². The Hall–Kier alpha value is -2.05. The molecular formula is C19H25N3O2S. The van der Waals surface area contributed by atoms with Crippen molar-refractivity contribution in [1.29, 1.82) is 0 Å². The molecule has 6 heteroatoms. The number of methoxy groups -OCH3 is 1. The number of nitrogens with one attached hydrogen (secondary N) is 1. The molecule has 0 bridgehead atoms. The van der Waals surface area contributed by atoms with Crippen molar-refractivity contribution in [3.8, 4) is 0 Å². The number of ether oxygens (including phenoxy) is 1. The van der Waals surface area contributed by atoms with Crippen molar-refractivity contribution in [2.24, 2.45) is 0 Å². The molecule has 2 rings (SSSR count). The number of anilines is 1. The Morgan fingerprint density at radius 2 is 2.00 bits per heavy atom. The average Bonchev–Trinajstić information content (AvgIpc) is 2.62. The fourth-order valence-electron chi connectivity index (χ4n) is 2.42. The van der Waals surface area contributed by atoms with E-state index in [0.717, 1.165) is 11.3 Å². The van der Waals surface area contributed by atoms with E-state index in [2.05, 4.69) is 34.6 Å². The molecule has 0 radical (unpaired) electrons. The van der Waals surface area contributed by atoms with Gasteiger partial charge in [0.15, 0.2) is 0 Å². The van der Waals surface area contributed by atoms with Crippen LogP contribution in [0.1, 0.15) is 18.2 Å². The van der Waals surface area contributed by atoms with Crippen molar-refractivity contribution in [3.63, 3.8) is 0 Å². The Kier molecular flexibility index (Phi) is 7.28. The highest BCUT2D eigenvalue weighted by Gasteiger charge is 2.20. The number of urea groups is 1. The topological polar surface area (TPSA) is 54.5 Å². The smallest absolute Gasteiger partial charge is 0.322 e. The molecule has 0 saturated carbocycles. The second kappa shape index (κ2) is 9.44. The number of hydrogen-bond acceptors (Lipinski definition) is 4. The van der Waals surface area contributed by atoms with Gasteiger partial charge < -0.3 is 15.0 Å². The number of pyridine rings is 1. The summed E-state index contributed by atoms with van der Waals surface area (Å²) in [6.45, 7) is 4.89. The Morgan fingerprint density at radius 1 is 1.28 bits per heavy atom. The van der Waals surface area contributed by atoms with Gasteiger partial charge in [0.2, 0.25) is 0 Å². The minimum absolute atomic E-state index is 0.0522. The summed E-state index contributed by atoms with van der Waals surface area (Å²) in [5, 5.41) is 2.92. The van der Waals surface area contributed by atoms with Crippen molar-refractivity contribution >= 4 is 23.5 Å². The molecule has 134 valence electrons. The normalized spacial score (nSPS) is 11.8. The van der Waals surface area contributed by atoms with Gasteiger partial charge in [0.25, 0.3) is 0 Å². The van der Waals surface area contributed by atoms with Gasteiger partial charge >= 0.3 is 6.03 Å². The maximum atomic E-state index is 12.8. The number of nitrogens with zero attached hydrogens (tertiary/aromatic N) is 2. The molecule has 0 saturated heterocycles. The largest absolute Gasteiger partial charge is 0.383 e. The molecule has 2 aromatic rings. The molecule has 0 fully saturated rings. The van der Waals surface area contributed by atoms with Crippen LogP contribution in [-0.2, 0) is 11.3 Å². The first-order valence-electron chi connectivity index (χ1n) is 8.15. The number of carbonyl (C=O) groups excluding carboxylic acids is 1. The third kappa shape index (κ3) is 5.76. The molecule has 1 aromatic carbocycles. The Bertz CT molecular complexity index is 674. The van der Waals surface area contributed by atoms with Gasteiger partial charge in [0.05, 0.1) is 24.5 Å². The van der Waals surface area contributed by atoms with Gasteiger partial charge in [0.1, 0.15) is 0 Å². The molecular weight excluding hydrogens is 334 g/mol. The van der Waals surface area contributed by atoms with E-state index < -0.39 is 0 Å². The number of amides is 2. The van der Waals surface area contributed by atoms with Crippen molar-refractivity contribution in [2.75, 3.05) is 25.3 Å². The lowest BCUT2D eigenvalue weighted by Crippen LogP contribution is -2.43. The highest BCUT2D eigenvalue weighted by atomic mass is 32.2. The van der Waals surface area contributed by atoms with Crippen molar-refractivity contribution < 1.29 is 9.53 Å². The van der Waals surface area contributed by atoms with Crippen LogP contribution in [0.3, 0.4) is 0 Å². The van der Waals surface area contributed by atoms with E-state index in [1.165, 1.54) is 4.90 Å². The van der Waals surface area contributed by atoms with Gasteiger partial charge in [-0.1, -0.05) is 12.1 Å². The summed E-state index contributed by atoms with van der Waals surface area (Å²) in [6.07, 6.45) is 3.71. The van der Waals surface area contributed by atoms with E-state index in [-0.39, 0.29) is 12.1 Å². The van der Waals surface area contributed by atoms with Crippen LogP contribution in [-0.4, -0.2) is 41.9 Å². The zero-order valence-corrected chi connectivity index (χ0v) is 16.0. The summed E-state index contributed by atoms with van der Waals surface area (Å²) >= 11 is 1.70. The number of aromatic nitrogens is 1. The summed E-state index contributed by atoms with van der Waals surface area (Å²) in [5.74, 6) is 0. The minimum Gasteiger partial charge on any atom is -0.383 e. The fraction of sp³-hybridized carbons (Fsp3) is 0.368. The maximum Gasteiger partial charge on any atom is 0.322 e. The van der Waals surface area contributed by atoms with Crippen LogP contribution in [0, 0.1) is 6.92 Å². The van der Waals surface area contributed by atoms with Crippen LogP contribution in [0.4, 0.5) is 10.5 Å². The molecule has 0 spiro atoms. The highest BCUT2D eigenvalue weighted by molar-refractivity contribution is 7.98. The highest BCUT2D eigenvalue weighted by Crippen LogP contribution is 2.17. The molecule has 1 atom stereocenters. The van der Waals surface area contributed by atoms with Gasteiger partial charge in [-0.3, -0.25) is 4.98 Å². The van der Waals surface area contributed by atoms with Gasteiger partial charge in [-0.05, 0) is 49.9 Å². The molecule has 25 heavy (non-hydrogen) atoms. The first kappa shape index (κ1) is 19.3. The molecule has 0 aliphatic carbocycles. The average molecular weight is 359 g/mol. The zero-order valence-electron chi connectivity index (χ0n) is 15.2. The predicted octanol–water partition coefficient (Wildman–Crippen LogP) is 4.18. The lowest BCUT2D eigenvalue weighted by molar-refractivity contribution is 0.113. The number of thioether (sulfide) groups is 1. The summed E-state index contributed by atoms with van der Waals surface area (Å²) < 4.78 is 5.24. The van der Waals surface area contributed by atoms with Crippen LogP contribution < -0.4 is 5.32 Å². The van der Waals surface area contributed by atoms with Gasteiger partial charge in [-0.25, -0.2) is 4.79 Å².